The molecule has 1 unspecified atom stereocenters. The highest BCUT2D eigenvalue weighted by atomic mass is 79.9. The molecule has 0 saturated heterocycles. The Morgan fingerprint density at radius 2 is 2.21 bits per heavy atom. The van der Waals surface area contributed by atoms with Crippen LogP contribution in [-0.2, 0) is 0 Å². The molecule has 0 radical (unpaired) electrons. The summed E-state index contributed by atoms with van der Waals surface area (Å²) in [7, 11) is 0. The molecular formula is C11H17BrN2. The molecule has 1 aromatic carbocycles. The Kier molecular flexibility index (Phi) is 4.42. The fraction of sp³-hybridized carbons (Fsp3) is 0.455. The zero-order chi connectivity index (χ0) is 10.6. The van der Waals surface area contributed by atoms with Gasteiger partial charge in [0, 0.05) is 16.7 Å². The summed E-state index contributed by atoms with van der Waals surface area (Å²) in [6.07, 6.45) is 0. The van der Waals surface area contributed by atoms with Crippen molar-refractivity contribution in [2.24, 2.45) is 11.7 Å². The highest BCUT2D eigenvalue weighted by molar-refractivity contribution is 9.10. The monoisotopic (exact) mass is 256 g/mol. The Morgan fingerprint density at radius 1 is 1.50 bits per heavy atom. The topological polar surface area (TPSA) is 38.0 Å². The van der Waals surface area contributed by atoms with Crippen LogP contribution in [0.2, 0.25) is 0 Å². The number of rotatable bonds is 4. The van der Waals surface area contributed by atoms with Crippen LogP contribution in [0.25, 0.3) is 0 Å². The highest BCUT2D eigenvalue weighted by Crippen LogP contribution is 2.20. The third kappa shape index (κ3) is 3.31. The van der Waals surface area contributed by atoms with E-state index in [-0.39, 0.29) is 0 Å². The standard InChI is InChI=1S/C11H17BrN2/c1-8(6-13)7-14-10-4-3-9(2)11(12)5-10/h3-5,8,14H,6-7,13H2,1-2H3. The van der Waals surface area contributed by atoms with E-state index >= 15 is 0 Å². The average Bonchev–Trinajstić information content (AvgIpc) is 2.19. The quantitative estimate of drug-likeness (QED) is 0.870. The van der Waals surface area contributed by atoms with Crippen LogP contribution in [0.5, 0.6) is 0 Å². The van der Waals surface area contributed by atoms with Crippen molar-refractivity contribution in [3.05, 3.63) is 28.2 Å². The largest absolute Gasteiger partial charge is 0.385 e. The number of halogens is 1. The molecule has 0 aliphatic rings. The second kappa shape index (κ2) is 5.37. The lowest BCUT2D eigenvalue weighted by molar-refractivity contribution is 0.628. The van der Waals surface area contributed by atoms with Crippen molar-refractivity contribution < 1.29 is 0 Å². The van der Waals surface area contributed by atoms with Crippen molar-refractivity contribution in [2.45, 2.75) is 13.8 Å². The zero-order valence-corrected chi connectivity index (χ0v) is 10.3. The molecule has 0 amide bonds. The summed E-state index contributed by atoms with van der Waals surface area (Å²) in [6, 6.07) is 6.28. The second-order valence-corrected chi connectivity index (χ2v) is 4.54. The molecule has 0 aromatic heterocycles. The molecule has 0 spiro atoms. The number of benzene rings is 1. The van der Waals surface area contributed by atoms with Crippen molar-refractivity contribution in [2.75, 3.05) is 18.4 Å². The van der Waals surface area contributed by atoms with E-state index in [4.69, 9.17) is 5.73 Å². The number of aryl methyl sites for hydroxylation is 1. The van der Waals surface area contributed by atoms with Gasteiger partial charge in [-0.25, -0.2) is 0 Å². The van der Waals surface area contributed by atoms with Gasteiger partial charge in [0.2, 0.25) is 0 Å². The summed E-state index contributed by atoms with van der Waals surface area (Å²) < 4.78 is 1.14. The summed E-state index contributed by atoms with van der Waals surface area (Å²) in [6.45, 7) is 5.86. The summed E-state index contributed by atoms with van der Waals surface area (Å²) in [4.78, 5) is 0. The Hall–Kier alpha value is -0.540. The number of nitrogens with two attached hydrogens (primary N) is 1. The normalized spacial score (nSPS) is 12.6. The van der Waals surface area contributed by atoms with Gasteiger partial charge < -0.3 is 11.1 Å². The van der Waals surface area contributed by atoms with Crippen molar-refractivity contribution in [1.29, 1.82) is 0 Å². The van der Waals surface area contributed by atoms with Crippen LogP contribution in [0.15, 0.2) is 22.7 Å². The van der Waals surface area contributed by atoms with E-state index in [0.29, 0.717) is 5.92 Å². The van der Waals surface area contributed by atoms with Gasteiger partial charge in [-0.1, -0.05) is 28.9 Å². The molecule has 0 saturated carbocycles. The van der Waals surface area contributed by atoms with E-state index in [1.54, 1.807) is 0 Å². The molecule has 0 heterocycles. The van der Waals surface area contributed by atoms with E-state index in [1.165, 1.54) is 5.56 Å². The fourth-order valence-electron chi connectivity index (χ4n) is 1.08. The van der Waals surface area contributed by atoms with Gasteiger partial charge in [-0.15, -0.1) is 0 Å². The lowest BCUT2D eigenvalue weighted by Gasteiger charge is -2.12. The van der Waals surface area contributed by atoms with Gasteiger partial charge >= 0.3 is 0 Å². The van der Waals surface area contributed by atoms with Gasteiger partial charge in [0.05, 0.1) is 0 Å². The molecule has 0 aliphatic heterocycles. The minimum Gasteiger partial charge on any atom is -0.385 e. The summed E-state index contributed by atoms with van der Waals surface area (Å²) >= 11 is 3.51. The summed E-state index contributed by atoms with van der Waals surface area (Å²) in [5.41, 5.74) is 7.93. The van der Waals surface area contributed by atoms with E-state index < -0.39 is 0 Å². The van der Waals surface area contributed by atoms with Gasteiger partial charge in [-0.2, -0.15) is 0 Å². The predicted molar refractivity (Wildman–Crippen MR) is 65.6 cm³/mol. The minimum atomic E-state index is 0.509. The lowest BCUT2D eigenvalue weighted by Crippen LogP contribution is -2.19. The van der Waals surface area contributed by atoms with Crippen LogP contribution >= 0.6 is 15.9 Å². The van der Waals surface area contributed by atoms with Gasteiger partial charge in [0.25, 0.3) is 0 Å². The van der Waals surface area contributed by atoms with Gasteiger partial charge in [-0.3, -0.25) is 0 Å². The second-order valence-electron chi connectivity index (χ2n) is 3.69. The van der Waals surface area contributed by atoms with E-state index in [0.717, 1.165) is 23.2 Å². The molecule has 78 valence electrons. The van der Waals surface area contributed by atoms with Crippen molar-refractivity contribution in [1.82, 2.24) is 0 Å². The number of hydrogen-bond donors (Lipinski definition) is 2. The maximum Gasteiger partial charge on any atom is 0.0351 e. The summed E-state index contributed by atoms with van der Waals surface area (Å²) in [5.74, 6) is 0.509. The van der Waals surface area contributed by atoms with E-state index in [1.807, 2.05) is 0 Å². The van der Waals surface area contributed by atoms with Crippen LogP contribution in [-0.4, -0.2) is 13.1 Å². The molecule has 1 atom stereocenters. The Bertz CT molecular complexity index is 299. The molecule has 0 aliphatic carbocycles. The lowest BCUT2D eigenvalue weighted by atomic mass is 10.1. The minimum absolute atomic E-state index is 0.509. The molecular weight excluding hydrogens is 240 g/mol. The highest BCUT2D eigenvalue weighted by Gasteiger charge is 2.00. The van der Waals surface area contributed by atoms with Crippen LogP contribution in [0.1, 0.15) is 12.5 Å². The first-order valence-corrected chi connectivity index (χ1v) is 5.63. The average molecular weight is 257 g/mol. The SMILES string of the molecule is Cc1ccc(NCC(C)CN)cc1Br. The third-order valence-electron chi connectivity index (χ3n) is 2.23. The van der Waals surface area contributed by atoms with Crippen LogP contribution in [0.3, 0.4) is 0 Å². The predicted octanol–water partition coefficient (Wildman–Crippen LogP) is 2.76. The third-order valence-corrected chi connectivity index (χ3v) is 3.08. The Morgan fingerprint density at radius 3 is 2.79 bits per heavy atom. The van der Waals surface area contributed by atoms with Gasteiger partial charge in [0.1, 0.15) is 0 Å². The van der Waals surface area contributed by atoms with Crippen molar-refractivity contribution >= 4 is 21.6 Å². The van der Waals surface area contributed by atoms with Gasteiger partial charge in [0.15, 0.2) is 0 Å². The van der Waals surface area contributed by atoms with Crippen molar-refractivity contribution in [3.63, 3.8) is 0 Å². The van der Waals surface area contributed by atoms with Crippen molar-refractivity contribution in [3.8, 4) is 0 Å². The Labute approximate surface area is 94.0 Å². The maximum absolute atomic E-state index is 5.54. The van der Waals surface area contributed by atoms with E-state index in [2.05, 4.69) is 53.3 Å². The zero-order valence-electron chi connectivity index (χ0n) is 8.68. The number of hydrogen-bond acceptors (Lipinski definition) is 2. The molecule has 0 fully saturated rings. The number of nitrogens with one attached hydrogen (secondary N) is 1. The van der Waals surface area contributed by atoms with Crippen LogP contribution < -0.4 is 11.1 Å². The molecule has 1 rings (SSSR count). The molecule has 0 bridgehead atoms. The first-order chi connectivity index (χ1) is 6.63. The molecule has 3 heteroatoms. The van der Waals surface area contributed by atoms with Crippen LogP contribution in [0, 0.1) is 12.8 Å². The fourth-order valence-corrected chi connectivity index (χ4v) is 1.46. The van der Waals surface area contributed by atoms with Crippen LogP contribution in [0.4, 0.5) is 5.69 Å². The molecule has 1 aromatic rings. The first kappa shape index (κ1) is 11.5. The Balaban J connectivity index is 2.55. The van der Waals surface area contributed by atoms with Gasteiger partial charge in [-0.05, 0) is 37.1 Å². The summed E-state index contributed by atoms with van der Waals surface area (Å²) in [5, 5.41) is 3.35. The number of anilines is 1. The van der Waals surface area contributed by atoms with E-state index in [9.17, 15) is 0 Å². The first-order valence-electron chi connectivity index (χ1n) is 4.83. The molecule has 2 nitrogen and oxygen atoms in total. The molecule has 14 heavy (non-hydrogen) atoms. The maximum atomic E-state index is 5.54. The molecule has 3 N–H and O–H groups in total. The smallest absolute Gasteiger partial charge is 0.0351 e.